The van der Waals surface area contributed by atoms with Crippen LogP contribution in [0.4, 0.5) is 5.69 Å². The third-order valence-corrected chi connectivity index (χ3v) is 4.23. The van der Waals surface area contributed by atoms with Crippen LogP contribution in [0.5, 0.6) is 5.75 Å². The van der Waals surface area contributed by atoms with Crippen LogP contribution in [0.1, 0.15) is 16.7 Å². The van der Waals surface area contributed by atoms with E-state index in [1.54, 1.807) is 18.2 Å². The van der Waals surface area contributed by atoms with Gasteiger partial charge in [-0.3, -0.25) is 14.9 Å². The number of nitrogens with zero attached hydrogens (tertiary/aromatic N) is 1. The van der Waals surface area contributed by atoms with Gasteiger partial charge < -0.3 is 10.1 Å². The Labute approximate surface area is 162 Å². The second-order valence-corrected chi connectivity index (χ2v) is 6.22. The molecule has 0 bridgehead atoms. The van der Waals surface area contributed by atoms with Gasteiger partial charge in [0, 0.05) is 23.7 Å². The molecule has 0 saturated heterocycles. The van der Waals surface area contributed by atoms with Gasteiger partial charge in [-0.25, -0.2) is 0 Å². The normalized spacial score (nSPS) is 10.3. The van der Waals surface area contributed by atoms with E-state index in [0.717, 1.165) is 11.1 Å². The molecule has 3 rings (SSSR count). The topological polar surface area (TPSA) is 81.5 Å². The van der Waals surface area contributed by atoms with Gasteiger partial charge in [-0.1, -0.05) is 66.7 Å². The highest BCUT2D eigenvalue weighted by Crippen LogP contribution is 2.20. The summed E-state index contributed by atoms with van der Waals surface area (Å²) in [6.07, 6.45) is -0.0514. The van der Waals surface area contributed by atoms with Gasteiger partial charge in [0.1, 0.15) is 12.4 Å². The lowest BCUT2D eigenvalue weighted by Crippen LogP contribution is -2.25. The van der Waals surface area contributed by atoms with Crippen LogP contribution in [0.15, 0.2) is 78.9 Å². The minimum absolute atomic E-state index is 0.0514. The number of carbonyl (C=O) groups is 1. The lowest BCUT2D eigenvalue weighted by Gasteiger charge is -2.12. The molecule has 0 aliphatic heterocycles. The molecule has 0 heterocycles. The number of ether oxygens (including phenoxy) is 1. The molecule has 0 saturated carbocycles. The average Bonchev–Trinajstić information content (AvgIpc) is 2.72. The number of rotatable bonds is 8. The second-order valence-electron chi connectivity index (χ2n) is 6.22. The number of para-hydroxylation sites is 2. The zero-order chi connectivity index (χ0) is 19.8. The van der Waals surface area contributed by atoms with Gasteiger partial charge in [0.15, 0.2) is 0 Å². The summed E-state index contributed by atoms with van der Waals surface area (Å²) in [4.78, 5) is 22.9. The van der Waals surface area contributed by atoms with Crippen LogP contribution in [-0.2, 0) is 24.4 Å². The largest absolute Gasteiger partial charge is 0.489 e. The Kier molecular flexibility index (Phi) is 6.36. The first-order valence-electron chi connectivity index (χ1n) is 8.87. The van der Waals surface area contributed by atoms with E-state index >= 15 is 0 Å². The SMILES string of the molecule is O=C(Cc1ccccc1[N+](=O)[O-])NCc1ccccc1OCc1ccccc1. The smallest absolute Gasteiger partial charge is 0.273 e. The Morgan fingerprint density at radius 2 is 1.54 bits per heavy atom. The van der Waals surface area contributed by atoms with Gasteiger partial charge in [0.25, 0.3) is 5.69 Å². The summed E-state index contributed by atoms with van der Waals surface area (Å²) in [6.45, 7) is 0.715. The fourth-order valence-corrected chi connectivity index (χ4v) is 2.79. The molecule has 28 heavy (non-hydrogen) atoms. The van der Waals surface area contributed by atoms with E-state index in [-0.39, 0.29) is 24.6 Å². The molecule has 0 atom stereocenters. The molecule has 0 spiro atoms. The quantitative estimate of drug-likeness (QED) is 0.475. The van der Waals surface area contributed by atoms with Crippen LogP contribution < -0.4 is 10.1 Å². The van der Waals surface area contributed by atoms with Crippen LogP contribution in [0, 0.1) is 10.1 Å². The van der Waals surface area contributed by atoms with Crippen LogP contribution >= 0.6 is 0 Å². The number of carbonyl (C=O) groups excluding carboxylic acids is 1. The van der Waals surface area contributed by atoms with E-state index in [0.29, 0.717) is 17.9 Å². The molecule has 3 aromatic carbocycles. The Hall–Kier alpha value is -3.67. The summed E-state index contributed by atoms with van der Waals surface area (Å²) in [5, 5.41) is 13.9. The van der Waals surface area contributed by atoms with E-state index < -0.39 is 4.92 Å². The van der Waals surface area contributed by atoms with Crippen LogP contribution in [0.25, 0.3) is 0 Å². The van der Waals surface area contributed by atoms with Gasteiger partial charge in [-0.15, -0.1) is 0 Å². The third kappa shape index (κ3) is 5.17. The predicted molar refractivity (Wildman–Crippen MR) is 106 cm³/mol. The van der Waals surface area contributed by atoms with Crippen LogP contribution in [0.3, 0.4) is 0 Å². The standard InChI is InChI=1S/C22H20N2O4/c25-22(14-18-10-4-6-12-20(18)24(26)27)23-15-19-11-5-7-13-21(19)28-16-17-8-2-1-3-9-17/h1-13H,14-16H2,(H,23,25). The summed E-state index contributed by atoms with van der Waals surface area (Å²) in [5.41, 5.74) is 2.23. The molecule has 6 nitrogen and oxygen atoms in total. The highest BCUT2D eigenvalue weighted by atomic mass is 16.6. The molecule has 0 radical (unpaired) electrons. The van der Waals surface area contributed by atoms with Crippen molar-refractivity contribution in [3.05, 3.63) is 106 Å². The summed E-state index contributed by atoms with van der Waals surface area (Å²) in [7, 11) is 0. The van der Waals surface area contributed by atoms with Gasteiger partial charge in [-0.05, 0) is 11.6 Å². The summed E-state index contributed by atoms with van der Waals surface area (Å²) < 4.78 is 5.88. The minimum atomic E-state index is -0.477. The van der Waals surface area contributed by atoms with Gasteiger partial charge in [-0.2, -0.15) is 0 Å². The molecular formula is C22H20N2O4. The number of hydrogen-bond acceptors (Lipinski definition) is 4. The Morgan fingerprint density at radius 1 is 0.893 bits per heavy atom. The number of nitro benzene ring substituents is 1. The van der Waals surface area contributed by atoms with Crippen molar-refractivity contribution in [1.82, 2.24) is 5.32 Å². The number of nitro groups is 1. The zero-order valence-corrected chi connectivity index (χ0v) is 15.2. The first-order chi connectivity index (χ1) is 13.6. The van der Waals surface area contributed by atoms with Crippen molar-refractivity contribution >= 4 is 11.6 Å². The zero-order valence-electron chi connectivity index (χ0n) is 15.2. The monoisotopic (exact) mass is 376 g/mol. The molecular weight excluding hydrogens is 356 g/mol. The molecule has 6 heteroatoms. The molecule has 3 aromatic rings. The van der Waals surface area contributed by atoms with Crippen molar-refractivity contribution in [2.45, 2.75) is 19.6 Å². The van der Waals surface area contributed by atoms with Crippen molar-refractivity contribution in [2.75, 3.05) is 0 Å². The Morgan fingerprint density at radius 3 is 2.29 bits per heavy atom. The van der Waals surface area contributed by atoms with Crippen molar-refractivity contribution in [3.63, 3.8) is 0 Å². The maximum absolute atomic E-state index is 12.3. The van der Waals surface area contributed by atoms with E-state index in [2.05, 4.69) is 5.32 Å². The number of hydrogen-bond donors (Lipinski definition) is 1. The number of benzene rings is 3. The molecule has 1 N–H and O–H groups in total. The van der Waals surface area contributed by atoms with Gasteiger partial charge >= 0.3 is 0 Å². The van der Waals surface area contributed by atoms with Crippen molar-refractivity contribution in [1.29, 1.82) is 0 Å². The number of amides is 1. The molecule has 142 valence electrons. The fourth-order valence-electron chi connectivity index (χ4n) is 2.79. The first kappa shape index (κ1) is 19.1. The third-order valence-electron chi connectivity index (χ3n) is 4.23. The van der Waals surface area contributed by atoms with Crippen molar-refractivity contribution < 1.29 is 14.5 Å². The highest BCUT2D eigenvalue weighted by Gasteiger charge is 2.15. The fraction of sp³-hybridized carbons (Fsp3) is 0.136. The minimum Gasteiger partial charge on any atom is -0.489 e. The van der Waals surface area contributed by atoms with Crippen molar-refractivity contribution in [3.8, 4) is 5.75 Å². The summed E-state index contributed by atoms with van der Waals surface area (Å²) in [5.74, 6) is 0.407. The van der Waals surface area contributed by atoms with E-state index in [4.69, 9.17) is 4.74 Å². The Balaban J connectivity index is 1.60. The van der Waals surface area contributed by atoms with Crippen LogP contribution in [-0.4, -0.2) is 10.8 Å². The first-order valence-corrected chi connectivity index (χ1v) is 8.87. The molecule has 0 unspecified atom stereocenters. The second kappa shape index (κ2) is 9.32. The summed E-state index contributed by atoms with van der Waals surface area (Å²) >= 11 is 0. The highest BCUT2D eigenvalue weighted by molar-refractivity contribution is 5.79. The molecule has 0 aromatic heterocycles. The molecule has 1 amide bonds. The number of nitrogens with one attached hydrogen (secondary N) is 1. The van der Waals surface area contributed by atoms with Gasteiger partial charge in [0.2, 0.25) is 5.91 Å². The van der Waals surface area contributed by atoms with Gasteiger partial charge in [0.05, 0.1) is 11.3 Å². The maximum Gasteiger partial charge on any atom is 0.273 e. The molecule has 0 fully saturated rings. The lowest BCUT2D eigenvalue weighted by molar-refractivity contribution is -0.385. The molecule has 0 aliphatic rings. The maximum atomic E-state index is 12.3. The predicted octanol–water partition coefficient (Wildman–Crippen LogP) is 4.03. The van der Waals surface area contributed by atoms with E-state index in [1.165, 1.54) is 6.07 Å². The lowest BCUT2D eigenvalue weighted by atomic mass is 10.1. The molecule has 0 aliphatic carbocycles. The van der Waals surface area contributed by atoms with Crippen molar-refractivity contribution in [2.24, 2.45) is 0 Å². The summed E-state index contributed by atoms with van der Waals surface area (Å²) in [6, 6.07) is 23.6. The van der Waals surface area contributed by atoms with Crippen LogP contribution in [0.2, 0.25) is 0 Å². The Bertz CT molecular complexity index is 958. The average molecular weight is 376 g/mol. The van der Waals surface area contributed by atoms with E-state index in [1.807, 2.05) is 54.6 Å². The van der Waals surface area contributed by atoms with E-state index in [9.17, 15) is 14.9 Å².